The van der Waals surface area contributed by atoms with Gasteiger partial charge in [0.25, 0.3) is 5.91 Å². The third-order valence-electron chi connectivity index (χ3n) is 7.14. The molecule has 0 aromatic heterocycles. The Hall–Kier alpha value is -2.93. The summed E-state index contributed by atoms with van der Waals surface area (Å²) < 4.78 is 12.0. The second-order valence-corrected chi connectivity index (χ2v) is 11.9. The van der Waals surface area contributed by atoms with Gasteiger partial charge in [0.2, 0.25) is 0 Å². The Morgan fingerprint density at radius 2 is 1.77 bits per heavy atom. The van der Waals surface area contributed by atoms with E-state index in [-0.39, 0.29) is 11.9 Å². The number of hydrogen-bond donors (Lipinski definition) is 0. The Morgan fingerprint density at radius 3 is 2.50 bits per heavy atom. The molecule has 0 radical (unpaired) electrons. The van der Waals surface area contributed by atoms with E-state index in [1.54, 1.807) is 0 Å². The average molecular weight is 596 g/mol. The normalized spacial score (nSPS) is 21.3. The van der Waals surface area contributed by atoms with Crippen LogP contribution in [0.25, 0.3) is 6.08 Å². The number of rotatable bonds is 8. The molecule has 40 heavy (non-hydrogen) atoms. The van der Waals surface area contributed by atoms with Crippen molar-refractivity contribution in [2.24, 2.45) is 10.9 Å². The van der Waals surface area contributed by atoms with Gasteiger partial charge < -0.3 is 9.47 Å². The first-order valence-corrected chi connectivity index (χ1v) is 15.2. The zero-order valence-electron chi connectivity index (χ0n) is 22.6. The number of halogens is 2. The number of nitrogens with zero attached hydrogens (tertiary/aromatic N) is 2. The molecule has 2 atom stereocenters. The first kappa shape index (κ1) is 28.6. The number of benzene rings is 3. The predicted molar refractivity (Wildman–Crippen MR) is 166 cm³/mol. The van der Waals surface area contributed by atoms with Crippen LogP contribution in [-0.4, -0.2) is 28.6 Å². The molecule has 0 bridgehead atoms. The highest BCUT2D eigenvalue weighted by molar-refractivity contribution is 8.18. The molecular weight excluding hydrogens is 563 g/mol. The second-order valence-electron chi connectivity index (χ2n) is 10.0. The van der Waals surface area contributed by atoms with Crippen molar-refractivity contribution < 1.29 is 14.3 Å². The van der Waals surface area contributed by atoms with Crippen molar-refractivity contribution in [2.75, 3.05) is 6.61 Å². The first-order chi connectivity index (χ1) is 19.4. The van der Waals surface area contributed by atoms with E-state index in [0.29, 0.717) is 45.6 Å². The van der Waals surface area contributed by atoms with Gasteiger partial charge in [-0.15, -0.1) is 0 Å². The number of ether oxygens (including phenoxy) is 2. The Balaban J connectivity index is 1.45. The maximum atomic E-state index is 13.9. The minimum Gasteiger partial charge on any atom is -0.490 e. The van der Waals surface area contributed by atoms with E-state index in [4.69, 9.17) is 37.7 Å². The van der Waals surface area contributed by atoms with Crippen molar-refractivity contribution in [3.05, 3.63) is 92.8 Å². The molecule has 1 saturated carbocycles. The highest BCUT2D eigenvalue weighted by Crippen LogP contribution is 2.42. The summed E-state index contributed by atoms with van der Waals surface area (Å²) in [5, 5.41) is 1.81. The van der Waals surface area contributed by atoms with E-state index in [2.05, 4.69) is 6.92 Å². The van der Waals surface area contributed by atoms with Gasteiger partial charge in [-0.05, 0) is 91.0 Å². The van der Waals surface area contributed by atoms with Crippen LogP contribution in [0.3, 0.4) is 0 Å². The third kappa shape index (κ3) is 6.68. The summed E-state index contributed by atoms with van der Waals surface area (Å²) in [4.78, 5) is 21.3. The standard InChI is InChI=1S/C32H32Cl2N2O3S/c1-3-38-28-18-23(17-26(34)30(28)39-20-22-13-15-24(33)16-14-22)19-29-31(37)36(27-12-8-7-9-21(27)2)32(40-29)35-25-10-5-4-6-11-25/h4-6,10-11,13-19,21,27H,3,7-9,12,20H2,1-2H3/b29-19-,35-32?/t21-,27+/m0/s1. The molecule has 1 aliphatic carbocycles. The van der Waals surface area contributed by atoms with E-state index >= 15 is 0 Å². The molecule has 5 rings (SSSR count). The largest absolute Gasteiger partial charge is 0.490 e. The lowest BCUT2D eigenvalue weighted by atomic mass is 9.85. The summed E-state index contributed by atoms with van der Waals surface area (Å²) in [5.74, 6) is 1.39. The topological polar surface area (TPSA) is 51.1 Å². The van der Waals surface area contributed by atoms with Crippen LogP contribution in [0.15, 0.2) is 76.6 Å². The van der Waals surface area contributed by atoms with Crippen molar-refractivity contribution in [1.29, 1.82) is 0 Å². The molecule has 1 amide bonds. The molecule has 208 valence electrons. The van der Waals surface area contributed by atoms with Crippen molar-refractivity contribution >= 4 is 57.8 Å². The summed E-state index contributed by atoms with van der Waals surface area (Å²) in [6.45, 7) is 4.91. The first-order valence-electron chi connectivity index (χ1n) is 13.6. The summed E-state index contributed by atoms with van der Waals surface area (Å²) in [6, 6.07) is 21.1. The minimum atomic E-state index is -0.0180. The third-order valence-corrected chi connectivity index (χ3v) is 8.66. The van der Waals surface area contributed by atoms with Crippen LogP contribution in [0, 0.1) is 5.92 Å². The molecule has 1 heterocycles. The smallest absolute Gasteiger partial charge is 0.267 e. The van der Waals surface area contributed by atoms with E-state index < -0.39 is 0 Å². The fourth-order valence-corrected chi connectivity index (χ4v) is 6.56. The lowest BCUT2D eigenvalue weighted by Gasteiger charge is -2.35. The Bertz CT molecular complexity index is 1410. The van der Waals surface area contributed by atoms with E-state index in [0.717, 1.165) is 41.2 Å². The van der Waals surface area contributed by atoms with Gasteiger partial charge in [0, 0.05) is 11.1 Å². The van der Waals surface area contributed by atoms with Gasteiger partial charge in [-0.2, -0.15) is 0 Å². The molecule has 1 saturated heterocycles. The van der Waals surface area contributed by atoms with Crippen molar-refractivity contribution in [2.45, 2.75) is 52.2 Å². The summed E-state index contributed by atoms with van der Waals surface area (Å²) >= 11 is 14.1. The van der Waals surface area contributed by atoms with Gasteiger partial charge in [-0.25, -0.2) is 4.99 Å². The average Bonchev–Trinajstić information content (AvgIpc) is 3.24. The van der Waals surface area contributed by atoms with Crippen LogP contribution >= 0.6 is 35.0 Å². The maximum Gasteiger partial charge on any atom is 0.267 e. The van der Waals surface area contributed by atoms with Crippen LogP contribution in [-0.2, 0) is 11.4 Å². The minimum absolute atomic E-state index is 0.0180. The Labute approximate surface area is 250 Å². The summed E-state index contributed by atoms with van der Waals surface area (Å²) in [6.07, 6.45) is 6.28. The molecule has 0 spiro atoms. The highest BCUT2D eigenvalue weighted by Gasteiger charge is 2.41. The SMILES string of the molecule is CCOc1cc(/C=C2\SC(=Nc3ccccc3)N([C@@H]3CCCC[C@@H]3C)C2=O)cc(Cl)c1OCc1ccc(Cl)cc1. The fourth-order valence-electron chi connectivity index (χ4n) is 5.11. The molecule has 3 aromatic rings. The number of amides is 1. The van der Waals surface area contributed by atoms with Crippen LogP contribution in [0.2, 0.25) is 10.0 Å². The van der Waals surface area contributed by atoms with Gasteiger partial charge in [-0.1, -0.05) is 73.3 Å². The molecule has 3 aromatic carbocycles. The van der Waals surface area contributed by atoms with Gasteiger partial charge in [-0.3, -0.25) is 9.69 Å². The van der Waals surface area contributed by atoms with Crippen molar-refractivity contribution in [3.63, 3.8) is 0 Å². The van der Waals surface area contributed by atoms with Crippen LogP contribution < -0.4 is 9.47 Å². The van der Waals surface area contributed by atoms with Gasteiger partial charge in [0.1, 0.15) is 6.61 Å². The molecule has 5 nitrogen and oxygen atoms in total. The zero-order chi connectivity index (χ0) is 28.1. The molecular formula is C32H32Cl2N2O3S. The zero-order valence-corrected chi connectivity index (χ0v) is 24.9. The number of aliphatic imine (C=N–C) groups is 1. The van der Waals surface area contributed by atoms with Crippen LogP contribution in [0.5, 0.6) is 11.5 Å². The number of carbonyl (C=O) groups excluding carboxylic acids is 1. The molecule has 2 fully saturated rings. The number of amidine groups is 1. The molecule has 8 heteroatoms. The summed E-state index contributed by atoms with van der Waals surface area (Å²) in [5.41, 5.74) is 2.56. The lowest BCUT2D eigenvalue weighted by Crippen LogP contribution is -2.44. The van der Waals surface area contributed by atoms with Crippen molar-refractivity contribution in [3.8, 4) is 11.5 Å². The molecule has 2 aliphatic rings. The quantitative estimate of drug-likeness (QED) is 0.244. The number of carbonyl (C=O) groups is 1. The molecule has 0 N–H and O–H groups in total. The fraction of sp³-hybridized carbons (Fsp3) is 0.312. The lowest BCUT2D eigenvalue weighted by molar-refractivity contribution is -0.124. The molecule has 1 aliphatic heterocycles. The number of hydrogen-bond acceptors (Lipinski definition) is 5. The number of thioether (sulfide) groups is 1. The van der Waals surface area contributed by atoms with E-state index in [9.17, 15) is 4.79 Å². The van der Waals surface area contributed by atoms with E-state index in [1.807, 2.05) is 84.6 Å². The monoisotopic (exact) mass is 594 g/mol. The number of para-hydroxylation sites is 1. The van der Waals surface area contributed by atoms with Crippen LogP contribution in [0.4, 0.5) is 5.69 Å². The Kier molecular flexibility index (Phi) is 9.40. The van der Waals surface area contributed by atoms with Crippen LogP contribution in [0.1, 0.15) is 50.7 Å². The van der Waals surface area contributed by atoms with E-state index in [1.165, 1.54) is 18.2 Å². The van der Waals surface area contributed by atoms with Gasteiger partial charge in [0.15, 0.2) is 16.7 Å². The summed E-state index contributed by atoms with van der Waals surface area (Å²) in [7, 11) is 0. The predicted octanol–water partition coefficient (Wildman–Crippen LogP) is 9.15. The van der Waals surface area contributed by atoms with Crippen molar-refractivity contribution in [1.82, 2.24) is 4.90 Å². The Morgan fingerprint density at radius 1 is 1.02 bits per heavy atom. The maximum absolute atomic E-state index is 13.9. The second kappa shape index (κ2) is 13.2. The highest BCUT2D eigenvalue weighted by atomic mass is 35.5. The molecule has 0 unspecified atom stereocenters. The van der Waals surface area contributed by atoms with Gasteiger partial charge >= 0.3 is 0 Å². The van der Waals surface area contributed by atoms with Gasteiger partial charge in [0.05, 0.1) is 22.2 Å².